The van der Waals surface area contributed by atoms with E-state index in [2.05, 4.69) is 48.9 Å². The van der Waals surface area contributed by atoms with Gasteiger partial charge in [0.1, 0.15) is 0 Å². The van der Waals surface area contributed by atoms with Crippen LogP contribution in [0.15, 0.2) is 22.7 Å². The van der Waals surface area contributed by atoms with Crippen molar-refractivity contribution in [3.05, 3.63) is 33.8 Å². The van der Waals surface area contributed by atoms with E-state index in [9.17, 15) is 4.79 Å². The third kappa shape index (κ3) is 4.62. The Morgan fingerprint density at radius 3 is 2.53 bits per heavy atom. The molecule has 0 amide bonds. The van der Waals surface area contributed by atoms with Gasteiger partial charge in [0.25, 0.3) is 0 Å². The first kappa shape index (κ1) is 16.2. The van der Waals surface area contributed by atoms with E-state index in [0.717, 1.165) is 16.6 Å². The minimum Gasteiger partial charge on any atom is -0.465 e. The average molecular weight is 328 g/mol. The highest BCUT2D eigenvalue weighted by atomic mass is 79.9. The van der Waals surface area contributed by atoms with Crippen molar-refractivity contribution < 1.29 is 9.53 Å². The number of hydrogen-bond donors (Lipinski definition) is 1. The van der Waals surface area contributed by atoms with Crippen molar-refractivity contribution >= 4 is 21.9 Å². The lowest BCUT2D eigenvalue weighted by Crippen LogP contribution is -2.37. The van der Waals surface area contributed by atoms with Crippen LogP contribution in [0.3, 0.4) is 0 Å². The number of carbonyl (C=O) groups excluding carboxylic acids is 1. The van der Waals surface area contributed by atoms with Crippen molar-refractivity contribution in [1.29, 1.82) is 0 Å². The molecule has 0 saturated heterocycles. The molecule has 1 unspecified atom stereocenters. The maximum atomic E-state index is 11.4. The Bertz CT molecular complexity index is 452. The summed E-state index contributed by atoms with van der Waals surface area (Å²) in [5, 5.41) is 3.50. The van der Waals surface area contributed by atoms with Gasteiger partial charge in [0.2, 0.25) is 0 Å². The Labute approximate surface area is 123 Å². The lowest BCUT2D eigenvalue weighted by atomic mass is 9.88. The standard InChI is InChI=1S/C15H22BrNO2/c1-10(15(2,3)4)17-9-12-7-6-11(8-13(12)16)14(18)19-5/h6-8,10,17H,9H2,1-5H3. The minimum absolute atomic E-state index is 0.221. The van der Waals surface area contributed by atoms with Crippen LogP contribution in [0.1, 0.15) is 43.6 Å². The van der Waals surface area contributed by atoms with E-state index in [1.807, 2.05) is 6.07 Å². The van der Waals surface area contributed by atoms with E-state index in [4.69, 9.17) is 4.74 Å². The van der Waals surface area contributed by atoms with Crippen molar-refractivity contribution in [1.82, 2.24) is 5.32 Å². The zero-order valence-corrected chi connectivity index (χ0v) is 13.8. The fraction of sp³-hybridized carbons (Fsp3) is 0.533. The summed E-state index contributed by atoms with van der Waals surface area (Å²) in [6.45, 7) is 9.57. The van der Waals surface area contributed by atoms with Gasteiger partial charge in [0, 0.05) is 17.1 Å². The van der Waals surface area contributed by atoms with Gasteiger partial charge >= 0.3 is 5.97 Å². The van der Waals surface area contributed by atoms with Crippen molar-refractivity contribution in [2.75, 3.05) is 7.11 Å². The first-order valence-electron chi connectivity index (χ1n) is 6.36. The van der Waals surface area contributed by atoms with Gasteiger partial charge in [0.15, 0.2) is 0 Å². The van der Waals surface area contributed by atoms with Crippen molar-refractivity contribution in [2.24, 2.45) is 5.41 Å². The Morgan fingerprint density at radius 1 is 1.42 bits per heavy atom. The number of carbonyl (C=O) groups is 1. The van der Waals surface area contributed by atoms with Gasteiger partial charge in [0.05, 0.1) is 12.7 Å². The van der Waals surface area contributed by atoms with Crippen LogP contribution in [-0.2, 0) is 11.3 Å². The molecule has 19 heavy (non-hydrogen) atoms. The first-order chi connectivity index (χ1) is 8.75. The van der Waals surface area contributed by atoms with Crippen molar-refractivity contribution in [3.8, 4) is 0 Å². The van der Waals surface area contributed by atoms with Crippen LogP contribution < -0.4 is 5.32 Å². The molecule has 0 aliphatic heterocycles. The molecule has 106 valence electrons. The van der Waals surface area contributed by atoms with Gasteiger partial charge in [-0.3, -0.25) is 0 Å². The molecule has 0 bridgehead atoms. The van der Waals surface area contributed by atoms with Crippen LogP contribution in [0.25, 0.3) is 0 Å². The fourth-order valence-electron chi connectivity index (χ4n) is 1.50. The molecule has 0 heterocycles. The summed E-state index contributed by atoms with van der Waals surface area (Å²) in [6, 6.07) is 5.93. The van der Waals surface area contributed by atoms with Gasteiger partial charge in [-0.15, -0.1) is 0 Å². The van der Waals surface area contributed by atoms with Crippen molar-refractivity contribution in [2.45, 2.75) is 40.3 Å². The summed E-state index contributed by atoms with van der Waals surface area (Å²) >= 11 is 3.50. The minimum atomic E-state index is -0.316. The Hall–Kier alpha value is -0.870. The van der Waals surface area contributed by atoms with Crippen LogP contribution in [-0.4, -0.2) is 19.1 Å². The second kappa shape index (κ2) is 6.53. The molecule has 1 atom stereocenters. The number of esters is 1. The van der Waals surface area contributed by atoms with Gasteiger partial charge in [-0.1, -0.05) is 42.8 Å². The highest BCUT2D eigenvalue weighted by Gasteiger charge is 2.19. The number of ether oxygens (including phenoxy) is 1. The molecule has 1 aromatic carbocycles. The zero-order chi connectivity index (χ0) is 14.6. The first-order valence-corrected chi connectivity index (χ1v) is 7.15. The lowest BCUT2D eigenvalue weighted by molar-refractivity contribution is 0.0600. The second-order valence-electron chi connectivity index (χ2n) is 5.77. The summed E-state index contributed by atoms with van der Waals surface area (Å²) in [6.07, 6.45) is 0. The third-order valence-corrected chi connectivity index (χ3v) is 4.11. The topological polar surface area (TPSA) is 38.3 Å². The van der Waals surface area contributed by atoms with Gasteiger partial charge in [-0.2, -0.15) is 0 Å². The summed E-state index contributed by atoms with van der Waals surface area (Å²) in [4.78, 5) is 11.4. The maximum absolute atomic E-state index is 11.4. The number of benzene rings is 1. The van der Waals surface area contributed by atoms with Crippen molar-refractivity contribution in [3.63, 3.8) is 0 Å². The number of halogens is 1. The lowest BCUT2D eigenvalue weighted by Gasteiger charge is -2.28. The summed E-state index contributed by atoms with van der Waals surface area (Å²) in [7, 11) is 1.39. The van der Waals surface area contributed by atoms with E-state index in [0.29, 0.717) is 11.6 Å². The summed E-state index contributed by atoms with van der Waals surface area (Å²) < 4.78 is 5.62. The van der Waals surface area contributed by atoms with Gasteiger partial charge in [-0.05, 0) is 30.0 Å². The smallest absolute Gasteiger partial charge is 0.337 e. The predicted molar refractivity (Wildman–Crippen MR) is 81.2 cm³/mol. The molecule has 1 N–H and O–H groups in total. The highest BCUT2D eigenvalue weighted by molar-refractivity contribution is 9.10. The predicted octanol–water partition coefficient (Wildman–Crippen LogP) is 3.76. The van der Waals surface area contributed by atoms with E-state index < -0.39 is 0 Å². The molecular formula is C15H22BrNO2. The molecule has 0 spiro atoms. The molecular weight excluding hydrogens is 306 g/mol. The van der Waals surface area contributed by atoms with E-state index in [1.165, 1.54) is 7.11 Å². The highest BCUT2D eigenvalue weighted by Crippen LogP contribution is 2.22. The third-order valence-electron chi connectivity index (χ3n) is 3.37. The molecule has 0 aliphatic rings. The van der Waals surface area contributed by atoms with Crippen LogP contribution in [0, 0.1) is 5.41 Å². The second-order valence-corrected chi connectivity index (χ2v) is 6.62. The average Bonchev–Trinajstić information content (AvgIpc) is 2.34. The quantitative estimate of drug-likeness (QED) is 0.855. The molecule has 1 rings (SSSR count). The van der Waals surface area contributed by atoms with Crippen LogP contribution >= 0.6 is 15.9 Å². The molecule has 0 radical (unpaired) electrons. The Balaban J connectivity index is 2.73. The molecule has 0 saturated carbocycles. The molecule has 0 fully saturated rings. The normalized spacial score (nSPS) is 13.2. The van der Waals surface area contributed by atoms with Crippen LogP contribution in [0.5, 0.6) is 0 Å². The van der Waals surface area contributed by atoms with E-state index in [-0.39, 0.29) is 11.4 Å². The molecule has 4 heteroatoms. The van der Waals surface area contributed by atoms with Gasteiger partial charge in [-0.25, -0.2) is 4.79 Å². The SMILES string of the molecule is COC(=O)c1ccc(CNC(C)C(C)(C)C)c(Br)c1. The number of nitrogens with one attached hydrogen (secondary N) is 1. The van der Waals surface area contributed by atoms with Crippen LogP contribution in [0.4, 0.5) is 0 Å². The zero-order valence-electron chi connectivity index (χ0n) is 12.2. The molecule has 0 aliphatic carbocycles. The van der Waals surface area contributed by atoms with E-state index >= 15 is 0 Å². The Morgan fingerprint density at radius 2 is 2.05 bits per heavy atom. The van der Waals surface area contributed by atoms with Gasteiger partial charge < -0.3 is 10.1 Å². The maximum Gasteiger partial charge on any atom is 0.337 e. The number of methoxy groups -OCH3 is 1. The van der Waals surface area contributed by atoms with Crippen LogP contribution in [0.2, 0.25) is 0 Å². The summed E-state index contributed by atoms with van der Waals surface area (Å²) in [5.74, 6) is -0.316. The summed E-state index contributed by atoms with van der Waals surface area (Å²) in [5.41, 5.74) is 1.91. The molecule has 3 nitrogen and oxygen atoms in total. The Kier molecular flexibility index (Phi) is 5.56. The molecule has 1 aromatic rings. The number of hydrogen-bond acceptors (Lipinski definition) is 3. The van der Waals surface area contributed by atoms with E-state index in [1.54, 1.807) is 12.1 Å². The monoisotopic (exact) mass is 327 g/mol. The largest absolute Gasteiger partial charge is 0.465 e. The fourth-order valence-corrected chi connectivity index (χ4v) is 2.02. The number of rotatable bonds is 4. The molecule has 0 aromatic heterocycles.